The van der Waals surface area contributed by atoms with Crippen molar-refractivity contribution in [3.05, 3.63) is 56.6 Å². The zero-order valence-corrected chi connectivity index (χ0v) is 13.7. The summed E-state index contributed by atoms with van der Waals surface area (Å²) in [7, 11) is -0.426. The van der Waals surface area contributed by atoms with Crippen molar-refractivity contribution in [1.82, 2.24) is 0 Å². The normalized spacial score (nSPS) is 11.2. The molecule has 0 fully saturated rings. The predicted molar refractivity (Wildman–Crippen MR) is 74.3 cm³/mol. The monoisotopic (exact) mass is 430 g/mol. The number of halogens is 10. The molecule has 0 aliphatic rings. The van der Waals surface area contributed by atoms with E-state index in [0.717, 1.165) is 0 Å². The Kier molecular flexibility index (Phi) is 5.83. The van der Waals surface area contributed by atoms with Gasteiger partial charge in [-0.05, 0) is 21.6 Å². The number of hydrogen-bond acceptors (Lipinski definition) is 2. The van der Waals surface area contributed by atoms with Gasteiger partial charge in [-0.3, -0.25) is 0 Å². The molecule has 2 rings (SSSR count). The maximum atomic E-state index is 13.6. The average molecular weight is 431 g/mol. The van der Waals surface area contributed by atoms with Crippen molar-refractivity contribution in [2.75, 3.05) is 0 Å². The molecule has 0 unspecified atom stereocenters. The van der Waals surface area contributed by atoms with Crippen molar-refractivity contribution in [3.8, 4) is 0 Å². The fourth-order valence-corrected chi connectivity index (χ4v) is 3.93. The molecule has 0 saturated carbocycles. The summed E-state index contributed by atoms with van der Waals surface area (Å²) in [5.74, 6) is -15.5. The van der Waals surface area contributed by atoms with E-state index in [1.54, 1.807) is 0 Å². The van der Waals surface area contributed by atoms with Gasteiger partial charge >= 0.3 is 0 Å². The first-order valence-electron chi connectivity index (χ1n) is 5.46. The summed E-state index contributed by atoms with van der Waals surface area (Å²) in [6.45, 7) is 0. The summed E-state index contributed by atoms with van der Waals surface area (Å²) in [6, 6.07) is 0. The van der Waals surface area contributed by atoms with Gasteiger partial charge in [0, 0.05) is 0 Å². The van der Waals surface area contributed by atoms with Crippen LogP contribution in [0.2, 0.25) is 10.0 Å². The molecule has 0 nitrogen and oxygen atoms in total. The molecule has 12 heteroatoms. The van der Waals surface area contributed by atoms with Crippen molar-refractivity contribution < 1.29 is 35.1 Å². The van der Waals surface area contributed by atoms with Crippen molar-refractivity contribution >= 4 is 44.8 Å². The van der Waals surface area contributed by atoms with Gasteiger partial charge in [0.1, 0.15) is 10.0 Å². The van der Waals surface area contributed by atoms with E-state index in [4.69, 9.17) is 23.2 Å². The number of hydrogen-bond donors (Lipinski definition) is 0. The first-order valence-corrected chi connectivity index (χ1v) is 8.37. The van der Waals surface area contributed by atoms with E-state index in [1.165, 1.54) is 0 Å². The maximum Gasteiger partial charge on any atom is 0.181 e. The van der Waals surface area contributed by atoms with E-state index in [1.807, 2.05) is 0 Å². The second-order valence-electron chi connectivity index (χ2n) is 3.96. The van der Waals surface area contributed by atoms with Crippen LogP contribution in [0.4, 0.5) is 35.1 Å². The minimum Gasteiger partial charge on any atom is -0.202 e. The van der Waals surface area contributed by atoms with Gasteiger partial charge in [-0.1, -0.05) is 23.2 Å². The Balaban J connectivity index is 2.48. The fraction of sp³-hybridized carbons (Fsp3) is 0. The highest BCUT2D eigenvalue weighted by molar-refractivity contribution is 8.76. The molecule has 0 atom stereocenters. The lowest BCUT2D eigenvalue weighted by atomic mass is 10.3. The van der Waals surface area contributed by atoms with Gasteiger partial charge in [-0.2, -0.15) is 0 Å². The third kappa shape index (κ3) is 3.16. The van der Waals surface area contributed by atoms with Gasteiger partial charge in [0.25, 0.3) is 0 Å². The fourth-order valence-electron chi connectivity index (χ4n) is 1.40. The molecule has 0 aliphatic carbocycles. The zero-order chi connectivity index (χ0) is 18.3. The largest absolute Gasteiger partial charge is 0.202 e. The number of benzene rings is 2. The summed E-state index contributed by atoms with van der Waals surface area (Å²) < 4.78 is 107. The minimum atomic E-state index is -1.94. The molecule has 0 bridgehead atoms. The van der Waals surface area contributed by atoms with Gasteiger partial charge in [-0.25, -0.2) is 35.1 Å². The first-order chi connectivity index (χ1) is 11.1. The standard InChI is InChI=1S/C12Cl2F8S2/c13-1-3(15)7(19)11(8(20)4(1)16)23-24-12-9(21)5(17)2(14)6(18)10(12)22. The van der Waals surface area contributed by atoms with Gasteiger partial charge in [0.05, 0.1) is 9.79 Å². The molecule has 130 valence electrons. The Morgan fingerprint density at radius 2 is 0.625 bits per heavy atom. The molecule has 0 N–H and O–H groups in total. The van der Waals surface area contributed by atoms with Crippen molar-refractivity contribution in [1.29, 1.82) is 0 Å². The topological polar surface area (TPSA) is 0 Å². The van der Waals surface area contributed by atoms with Crippen LogP contribution in [-0.2, 0) is 0 Å². The van der Waals surface area contributed by atoms with Crippen LogP contribution >= 0.6 is 44.8 Å². The van der Waals surface area contributed by atoms with Crippen LogP contribution in [0.25, 0.3) is 0 Å². The van der Waals surface area contributed by atoms with Crippen LogP contribution in [-0.4, -0.2) is 0 Å². The van der Waals surface area contributed by atoms with Crippen LogP contribution < -0.4 is 0 Å². The number of rotatable bonds is 3. The van der Waals surface area contributed by atoms with Gasteiger partial charge < -0.3 is 0 Å². The van der Waals surface area contributed by atoms with E-state index >= 15 is 0 Å². The zero-order valence-electron chi connectivity index (χ0n) is 10.6. The highest BCUT2D eigenvalue weighted by Crippen LogP contribution is 2.45. The highest BCUT2D eigenvalue weighted by atomic mass is 35.5. The predicted octanol–water partition coefficient (Wildman–Crippen LogP) is 6.91. The summed E-state index contributed by atoms with van der Waals surface area (Å²) in [6.07, 6.45) is 0. The summed E-state index contributed by atoms with van der Waals surface area (Å²) >= 11 is 10.0. The highest BCUT2D eigenvalue weighted by Gasteiger charge is 2.28. The lowest BCUT2D eigenvalue weighted by Gasteiger charge is -2.10. The smallest absolute Gasteiger partial charge is 0.181 e. The summed E-state index contributed by atoms with van der Waals surface area (Å²) in [4.78, 5) is -2.68. The van der Waals surface area contributed by atoms with Gasteiger partial charge in [0.15, 0.2) is 46.5 Å². The van der Waals surface area contributed by atoms with Crippen molar-refractivity contribution in [2.24, 2.45) is 0 Å². The van der Waals surface area contributed by atoms with E-state index in [2.05, 4.69) is 0 Å². The molecule has 0 amide bonds. The molecule has 0 saturated heterocycles. The molecule has 2 aromatic carbocycles. The van der Waals surface area contributed by atoms with E-state index < -0.39 is 66.4 Å². The van der Waals surface area contributed by atoms with E-state index in [9.17, 15) is 35.1 Å². The van der Waals surface area contributed by atoms with Crippen molar-refractivity contribution in [3.63, 3.8) is 0 Å². The van der Waals surface area contributed by atoms with E-state index in [0.29, 0.717) is 0 Å². The second kappa shape index (κ2) is 7.19. The second-order valence-corrected chi connectivity index (χ2v) is 6.87. The lowest BCUT2D eigenvalue weighted by Crippen LogP contribution is -2.00. The Hall–Kier alpha value is -0.840. The van der Waals surface area contributed by atoms with Crippen molar-refractivity contribution in [2.45, 2.75) is 9.79 Å². The van der Waals surface area contributed by atoms with Crippen LogP contribution in [0, 0.1) is 46.5 Å². The van der Waals surface area contributed by atoms with Crippen LogP contribution in [0.1, 0.15) is 0 Å². The third-order valence-corrected chi connectivity index (χ3v) is 5.59. The molecule has 0 aromatic heterocycles. The molecular weight excluding hydrogens is 431 g/mol. The van der Waals surface area contributed by atoms with E-state index in [-0.39, 0.29) is 21.6 Å². The molecule has 0 heterocycles. The van der Waals surface area contributed by atoms with Gasteiger partial charge in [0.2, 0.25) is 0 Å². The molecule has 0 spiro atoms. The Morgan fingerprint density at radius 3 is 0.833 bits per heavy atom. The SMILES string of the molecule is Fc1c(F)c(SSc2c(F)c(F)c(Cl)c(F)c2F)c(F)c(F)c1Cl. The Labute approximate surface area is 146 Å². The average Bonchev–Trinajstić information content (AvgIpc) is 2.57. The molecule has 24 heavy (non-hydrogen) atoms. The first kappa shape index (κ1) is 19.5. The Morgan fingerprint density at radius 1 is 0.417 bits per heavy atom. The Bertz CT molecular complexity index is 715. The molecular formula is C12Cl2F8S2. The summed E-state index contributed by atoms with van der Waals surface area (Å²) in [5.41, 5.74) is 0. The van der Waals surface area contributed by atoms with Gasteiger partial charge in [-0.15, -0.1) is 0 Å². The third-order valence-electron chi connectivity index (χ3n) is 2.55. The van der Waals surface area contributed by atoms with Crippen LogP contribution in [0.5, 0.6) is 0 Å². The molecule has 0 radical (unpaired) electrons. The van der Waals surface area contributed by atoms with Crippen LogP contribution in [0.3, 0.4) is 0 Å². The minimum absolute atomic E-state index is 0.213. The lowest BCUT2D eigenvalue weighted by molar-refractivity contribution is 0.426. The molecule has 2 aromatic rings. The quantitative estimate of drug-likeness (QED) is 0.224. The molecule has 0 aliphatic heterocycles. The maximum absolute atomic E-state index is 13.6. The van der Waals surface area contributed by atoms with Crippen LogP contribution in [0.15, 0.2) is 9.79 Å². The summed E-state index contributed by atoms with van der Waals surface area (Å²) in [5, 5.41) is -2.92.